The van der Waals surface area contributed by atoms with E-state index in [9.17, 15) is 18.0 Å². The molecule has 36 heavy (non-hydrogen) atoms. The Hall–Kier alpha value is -3.93. The number of H-pyrrole nitrogens is 1. The number of amides is 1. The van der Waals surface area contributed by atoms with E-state index in [-0.39, 0.29) is 46.5 Å². The minimum absolute atomic E-state index is 0.0488. The Kier molecular flexibility index (Phi) is 6.97. The van der Waals surface area contributed by atoms with Crippen molar-refractivity contribution in [1.29, 1.82) is 0 Å². The number of anilines is 2. The second-order valence-electron chi connectivity index (χ2n) is 8.06. The van der Waals surface area contributed by atoms with Gasteiger partial charge in [0.05, 0.1) is 35.2 Å². The molecule has 13 heteroatoms. The van der Waals surface area contributed by atoms with Crippen molar-refractivity contribution in [3.8, 4) is 17.2 Å². The highest BCUT2D eigenvalue weighted by atomic mass is 35.5. The van der Waals surface area contributed by atoms with Crippen LogP contribution in [0.5, 0.6) is 11.5 Å². The van der Waals surface area contributed by atoms with Crippen molar-refractivity contribution in [2.45, 2.75) is 26.1 Å². The van der Waals surface area contributed by atoms with Crippen molar-refractivity contribution in [3.05, 3.63) is 53.3 Å². The van der Waals surface area contributed by atoms with Gasteiger partial charge in [0.25, 0.3) is 5.91 Å². The number of rotatable bonds is 8. The Labute approximate surface area is 208 Å². The predicted molar refractivity (Wildman–Crippen MR) is 128 cm³/mol. The van der Waals surface area contributed by atoms with Crippen LogP contribution in [0, 0.1) is 0 Å². The smallest absolute Gasteiger partial charge is 0.421 e. The molecule has 4 rings (SSSR count). The summed E-state index contributed by atoms with van der Waals surface area (Å²) in [6, 6.07) is 7.57. The number of hydrogen-bond acceptors (Lipinski definition) is 6. The SMILES string of the molecule is COc1cc(-n2cc(C(F)(F)F)c(Nc3ccc4[nH]ncc4c3Cl)n2)ccc1OCC(=O)NC(C)C. The maximum Gasteiger partial charge on any atom is 0.421 e. The highest BCUT2D eigenvalue weighted by Crippen LogP contribution is 2.39. The van der Waals surface area contributed by atoms with Crippen molar-refractivity contribution in [1.82, 2.24) is 25.3 Å². The summed E-state index contributed by atoms with van der Waals surface area (Å²) in [5.41, 5.74) is 0.168. The molecule has 1 amide bonds. The van der Waals surface area contributed by atoms with Gasteiger partial charge in [0.15, 0.2) is 23.9 Å². The molecule has 0 saturated carbocycles. The topological polar surface area (TPSA) is 106 Å². The number of fused-ring (bicyclic) bond motifs is 1. The minimum Gasteiger partial charge on any atom is -0.493 e. The van der Waals surface area contributed by atoms with Crippen molar-refractivity contribution < 1.29 is 27.4 Å². The predicted octanol–water partition coefficient (Wildman–Crippen LogP) is 5.08. The Morgan fingerprint density at radius 1 is 1.22 bits per heavy atom. The molecule has 0 saturated heterocycles. The maximum absolute atomic E-state index is 13.8. The molecule has 0 bridgehead atoms. The number of benzene rings is 2. The van der Waals surface area contributed by atoms with Crippen molar-refractivity contribution >= 4 is 39.9 Å². The summed E-state index contributed by atoms with van der Waals surface area (Å²) in [6.45, 7) is 3.39. The van der Waals surface area contributed by atoms with Gasteiger partial charge in [0, 0.05) is 23.7 Å². The van der Waals surface area contributed by atoms with Gasteiger partial charge in [-0.05, 0) is 38.1 Å². The first-order chi connectivity index (χ1) is 17.1. The summed E-state index contributed by atoms with van der Waals surface area (Å²) in [6.07, 6.45) is -2.35. The quantitative estimate of drug-likeness (QED) is 0.298. The van der Waals surface area contributed by atoms with E-state index in [0.717, 1.165) is 10.9 Å². The van der Waals surface area contributed by atoms with Crippen LogP contribution < -0.4 is 20.1 Å². The molecule has 2 heterocycles. The molecule has 190 valence electrons. The highest BCUT2D eigenvalue weighted by molar-refractivity contribution is 6.38. The van der Waals surface area contributed by atoms with Crippen LogP contribution in [0.2, 0.25) is 5.02 Å². The van der Waals surface area contributed by atoms with Gasteiger partial charge in [-0.15, -0.1) is 5.10 Å². The van der Waals surface area contributed by atoms with Crippen LogP contribution in [0.15, 0.2) is 42.7 Å². The molecular formula is C23H22ClF3N6O3. The molecule has 2 aromatic heterocycles. The maximum atomic E-state index is 13.8. The molecule has 4 aromatic rings. The van der Waals surface area contributed by atoms with E-state index in [0.29, 0.717) is 10.9 Å². The molecule has 0 radical (unpaired) electrons. The molecule has 0 aliphatic carbocycles. The van der Waals surface area contributed by atoms with Crippen LogP contribution in [0.25, 0.3) is 16.6 Å². The average Bonchev–Trinajstić information content (AvgIpc) is 3.46. The Balaban J connectivity index is 1.64. The fourth-order valence-corrected chi connectivity index (χ4v) is 3.70. The standard InChI is InChI=1S/C23H22ClF3N6O3/c1-12(2)29-20(34)11-36-18-7-4-13(8-19(18)35-3)33-10-15(23(25,26)27)22(32-33)30-17-6-5-16-14(21(17)24)9-28-31-16/h4-10,12H,11H2,1-3H3,(H,28,31)(H,29,34)(H,30,32). The van der Waals surface area contributed by atoms with Crippen LogP contribution in [-0.2, 0) is 11.0 Å². The lowest BCUT2D eigenvalue weighted by atomic mass is 10.2. The number of halogens is 4. The largest absolute Gasteiger partial charge is 0.493 e. The van der Waals surface area contributed by atoms with Gasteiger partial charge in [-0.25, -0.2) is 4.68 Å². The number of alkyl halides is 3. The third-order valence-corrected chi connectivity index (χ3v) is 5.46. The van der Waals surface area contributed by atoms with Crippen LogP contribution in [0.1, 0.15) is 19.4 Å². The summed E-state index contributed by atoms with van der Waals surface area (Å²) in [4.78, 5) is 11.9. The summed E-state index contributed by atoms with van der Waals surface area (Å²) in [5.74, 6) is -0.281. The van der Waals surface area contributed by atoms with Crippen molar-refractivity contribution in [2.75, 3.05) is 19.0 Å². The molecule has 2 aromatic carbocycles. The zero-order valence-electron chi connectivity index (χ0n) is 19.4. The van der Waals surface area contributed by atoms with Gasteiger partial charge in [-0.2, -0.15) is 18.3 Å². The number of methoxy groups -OCH3 is 1. The van der Waals surface area contributed by atoms with E-state index in [1.54, 1.807) is 6.07 Å². The summed E-state index contributed by atoms with van der Waals surface area (Å²) < 4.78 is 53.4. The molecule has 0 aliphatic rings. The van der Waals surface area contributed by atoms with Gasteiger partial charge in [-0.3, -0.25) is 9.89 Å². The second-order valence-corrected chi connectivity index (χ2v) is 8.44. The van der Waals surface area contributed by atoms with Gasteiger partial charge >= 0.3 is 6.18 Å². The van der Waals surface area contributed by atoms with Gasteiger partial charge < -0.3 is 20.1 Å². The molecule has 0 unspecified atom stereocenters. The van der Waals surface area contributed by atoms with E-state index < -0.39 is 17.6 Å². The van der Waals surface area contributed by atoms with Gasteiger partial charge in [0.1, 0.15) is 5.56 Å². The first-order valence-electron chi connectivity index (χ1n) is 10.7. The molecule has 0 fully saturated rings. The lowest BCUT2D eigenvalue weighted by Gasteiger charge is -2.13. The number of aromatic amines is 1. The molecule has 3 N–H and O–H groups in total. The number of aromatic nitrogens is 4. The monoisotopic (exact) mass is 522 g/mol. The fourth-order valence-electron chi connectivity index (χ4n) is 3.44. The minimum atomic E-state index is -4.69. The number of hydrogen-bond donors (Lipinski definition) is 3. The number of carbonyl (C=O) groups is 1. The fraction of sp³-hybridized carbons (Fsp3) is 0.261. The average molecular weight is 523 g/mol. The van der Waals surface area contributed by atoms with E-state index in [2.05, 4.69) is 25.9 Å². The van der Waals surface area contributed by atoms with Crippen LogP contribution in [-0.4, -0.2) is 45.6 Å². The summed E-state index contributed by atoms with van der Waals surface area (Å²) in [7, 11) is 1.38. The Morgan fingerprint density at radius 2 is 2.00 bits per heavy atom. The van der Waals surface area contributed by atoms with E-state index in [1.165, 1.54) is 37.6 Å². The zero-order valence-corrected chi connectivity index (χ0v) is 20.2. The Morgan fingerprint density at radius 3 is 2.69 bits per heavy atom. The number of ether oxygens (including phenoxy) is 2. The lowest BCUT2D eigenvalue weighted by Crippen LogP contribution is -2.34. The van der Waals surface area contributed by atoms with E-state index in [1.807, 2.05) is 13.8 Å². The zero-order chi connectivity index (χ0) is 26.0. The number of nitrogens with one attached hydrogen (secondary N) is 3. The molecule has 9 nitrogen and oxygen atoms in total. The molecule has 0 spiro atoms. The van der Waals surface area contributed by atoms with Gasteiger partial charge in [0.2, 0.25) is 0 Å². The molecule has 0 atom stereocenters. The molecular weight excluding hydrogens is 501 g/mol. The van der Waals surface area contributed by atoms with Crippen LogP contribution >= 0.6 is 11.6 Å². The normalized spacial score (nSPS) is 11.7. The van der Waals surface area contributed by atoms with Crippen molar-refractivity contribution in [3.63, 3.8) is 0 Å². The number of nitrogens with zero attached hydrogens (tertiary/aromatic N) is 3. The van der Waals surface area contributed by atoms with Crippen LogP contribution in [0.4, 0.5) is 24.7 Å². The third kappa shape index (κ3) is 5.33. The Bertz CT molecular complexity index is 1400. The highest BCUT2D eigenvalue weighted by Gasteiger charge is 2.37. The van der Waals surface area contributed by atoms with Crippen LogP contribution in [0.3, 0.4) is 0 Å². The second kappa shape index (κ2) is 9.97. The lowest BCUT2D eigenvalue weighted by molar-refractivity contribution is -0.137. The van der Waals surface area contributed by atoms with E-state index in [4.69, 9.17) is 21.1 Å². The third-order valence-electron chi connectivity index (χ3n) is 5.05. The first kappa shape index (κ1) is 25.2. The summed E-state index contributed by atoms with van der Waals surface area (Å²) >= 11 is 6.36. The van der Waals surface area contributed by atoms with E-state index >= 15 is 0 Å². The summed E-state index contributed by atoms with van der Waals surface area (Å²) in [5, 5.41) is 16.9. The number of carbonyl (C=O) groups excluding carboxylic acids is 1. The molecule has 0 aliphatic heterocycles. The first-order valence-corrected chi connectivity index (χ1v) is 11.1. The van der Waals surface area contributed by atoms with Gasteiger partial charge in [-0.1, -0.05) is 11.6 Å². The van der Waals surface area contributed by atoms with Crippen molar-refractivity contribution in [2.24, 2.45) is 0 Å².